The van der Waals surface area contributed by atoms with E-state index < -0.39 is 0 Å². The van der Waals surface area contributed by atoms with Crippen LogP contribution in [0, 0.1) is 18.3 Å². The standard InChI is InChI=1S/C12H12N4O2/c1-3-11-14-10(15-18-11)7-16-5-4-8(2)9(6-13)12(16)17/h4-5H,3,7H2,1-2H3. The zero-order valence-corrected chi connectivity index (χ0v) is 10.2. The molecule has 0 spiro atoms. The van der Waals surface area contributed by atoms with E-state index in [0.29, 0.717) is 23.7 Å². The molecule has 0 saturated heterocycles. The molecule has 0 fully saturated rings. The van der Waals surface area contributed by atoms with Crippen LogP contribution in [0.15, 0.2) is 21.6 Å². The summed E-state index contributed by atoms with van der Waals surface area (Å²) in [5, 5.41) is 12.7. The van der Waals surface area contributed by atoms with Crippen LogP contribution in [-0.2, 0) is 13.0 Å². The molecular weight excluding hydrogens is 232 g/mol. The van der Waals surface area contributed by atoms with Crippen LogP contribution in [0.4, 0.5) is 0 Å². The molecule has 0 radical (unpaired) electrons. The third-order valence-corrected chi connectivity index (χ3v) is 2.61. The molecule has 2 heterocycles. The Morgan fingerprint density at radius 2 is 2.33 bits per heavy atom. The summed E-state index contributed by atoms with van der Waals surface area (Å²) in [6, 6.07) is 3.63. The first-order valence-corrected chi connectivity index (χ1v) is 5.57. The second-order valence-electron chi connectivity index (χ2n) is 3.88. The summed E-state index contributed by atoms with van der Waals surface area (Å²) in [5.74, 6) is 0.965. The quantitative estimate of drug-likeness (QED) is 0.804. The molecule has 0 bridgehead atoms. The Hall–Kier alpha value is -2.42. The van der Waals surface area contributed by atoms with Crippen molar-refractivity contribution in [3.63, 3.8) is 0 Å². The van der Waals surface area contributed by atoms with Gasteiger partial charge in [0.05, 0.1) is 6.54 Å². The molecule has 92 valence electrons. The van der Waals surface area contributed by atoms with E-state index in [1.807, 2.05) is 13.0 Å². The van der Waals surface area contributed by atoms with Gasteiger partial charge in [-0.05, 0) is 18.6 Å². The molecule has 2 aromatic rings. The van der Waals surface area contributed by atoms with Crippen molar-refractivity contribution < 1.29 is 4.52 Å². The van der Waals surface area contributed by atoms with E-state index >= 15 is 0 Å². The molecule has 0 saturated carbocycles. The number of nitrogens with zero attached hydrogens (tertiary/aromatic N) is 4. The molecule has 0 amide bonds. The van der Waals surface area contributed by atoms with Crippen molar-refractivity contribution in [2.45, 2.75) is 26.8 Å². The second-order valence-corrected chi connectivity index (χ2v) is 3.88. The molecule has 6 nitrogen and oxygen atoms in total. The molecule has 6 heteroatoms. The highest BCUT2D eigenvalue weighted by Gasteiger charge is 2.10. The van der Waals surface area contributed by atoms with Crippen molar-refractivity contribution in [1.82, 2.24) is 14.7 Å². The second kappa shape index (κ2) is 4.84. The highest BCUT2D eigenvalue weighted by atomic mass is 16.5. The fourth-order valence-electron chi connectivity index (χ4n) is 1.58. The molecular formula is C12H12N4O2. The van der Waals surface area contributed by atoms with E-state index in [-0.39, 0.29) is 17.7 Å². The van der Waals surface area contributed by atoms with Crippen LogP contribution in [-0.4, -0.2) is 14.7 Å². The van der Waals surface area contributed by atoms with Gasteiger partial charge in [0.15, 0.2) is 5.82 Å². The highest BCUT2D eigenvalue weighted by Crippen LogP contribution is 2.03. The fraction of sp³-hybridized carbons (Fsp3) is 0.333. The molecule has 2 aromatic heterocycles. The van der Waals surface area contributed by atoms with Crippen LogP contribution >= 0.6 is 0 Å². The van der Waals surface area contributed by atoms with Crippen LogP contribution in [0.25, 0.3) is 0 Å². The number of hydrogen-bond donors (Lipinski definition) is 0. The van der Waals surface area contributed by atoms with Gasteiger partial charge in [0.1, 0.15) is 11.6 Å². The summed E-state index contributed by atoms with van der Waals surface area (Å²) < 4.78 is 6.36. The summed E-state index contributed by atoms with van der Waals surface area (Å²) in [4.78, 5) is 16.1. The summed E-state index contributed by atoms with van der Waals surface area (Å²) in [6.45, 7) is 3.84. The van der Waals surface area contributed by atoms with E-state index in [2.05, 4.69) is 10.1 Å². The van der Waals surface area contributed by atoms with Gasteiger partial charge < -0.3 is 9.09 Å². The van der Waals surface area contributed by atoms with Gasteiger partial charge in [-0.1, -0.05) is 12.1 Å². The molecule has 0 atom stereocenters. The monoisotopic (exact) mass is 244 g/mol. The van der Waals surface area contributed by atoms with Gasteiger partial charge in [0.25, 0.3) is 5.56 Å². The van der Waals surface area contributed by atoms with Crippen LogP contribution in [0.2, 0.25) is 0 Å². The average Bonchev–Trinajstić information content (AvgIpc) is 2.81. The van der Waals surface area contributed by atoms with Crippen LogP contribution in [0.1, 0.15) is 29.8 Å². The van der Waals surface area contributed by atoms with Gasteiger partial charge in [-0.3, -0.25) is 4.79 Å². The average molecular weight is 244 g/mol. The third kappa shape index (κ3) is 2.15. The van der Waals surface area contributed by atoms with Gasteiger partial charge in [0.2, 0.25) is 5.89 Å². The summed E-state index contributed by atoms with van der Waals surface area (Å²) >= 11 is 0. The van der Waals surface area contributed by atoms with Gasteiger partial charge in [-0.25, -0.2) is 0 Å². The first-order chi connectivity index (χ1) is 8.65. The maximum absolute atomic E-state index is 12.0. The number of rotatable bonds is 3. The SMILES string of the molecule is CCc1nc(Cn2ccc(C)c(C#N)c2=O)no1. The van der Waals surface area contributed by atoms with Crippen molar-refractivity contribution in [1.29, 1.82) is 5.26 Å². The Kier molecular flexibility index (Phi) is 3.24. The maximum Gasteiger partial charge on any atom is 0.269 e. The molecule has 18 heavy (non-hydrogen) atoms. The predicted octanol–water partition coefficient (Wildman–Crippen LogP) is 1.02. The van der Waals surface area contributed by atoms with E-state index in [0.717, 1.165) is 0 Å². The zero-order valence-electron chi connectivity index (χ0n) is 10.2. The number of pyridine rings is 1. The molecule has 0 aliphatic rings. The number of aryl methyl sites for hydroxylation is 2. The molecule has 0 aliphatic heterocycles. The summed E-state index contributed by atoms with van der Waals surface area (Å²) in [7, 11) is 0. The minimum Gasteiger partial charge on any atom is -0.339 e. The number of nitriles is 1. The van der Waals surface area contributed by atoms with Crippen LogP contribution in [0.3, 0.4) is 0 Å². The van der Waals surface area contributed by atoms with Crippen molar-refractivity contribution in [2.24, 2.45) is 0 Å². The lowest BCUT2D eigenvalue weighted by atomic mass is 10.2. The number of aromatic nitrogens is 3. The van der Waals surface area contributed by atoms with E-state index in [1.54, 1.807) is 19.2 Å². The largest absolute Gasteiger partial charge is 0.339 e. The van der Waals surface area contributed by atoms with E-state index in [9.17, 15) is 4.79 Å². The van der Waals surface area contributed by atoms with Gasteiger partial charge in [0, 0.05) is 12.6 Å². The van der Waals surface area contributed by atoms with Crippen LogP contribution in [0.5, 0.6) is 0 Å². The molecule has 0 aliphatic carbocycles. The van der Waals surface area contributed by atoms with Crippen molar-refractivity contribution in [3.05, 3.63) is 45.5 Å². The zero-order chi connectivity index (χ0) is 13.1. The lowest BCUT2D eigenvalue weighted by molar-refractivity contribution is 0.375. The lowest BCUT2D eigenvalue weighted by Gasteiger charge is -2.03. The summed E-state index contributed by atoms with van der Waals surface area (Å²) in [5.41, 5.74) is 0.484. The third-order valence-electron chi connectivity index (χ3n) is 2.61. The fourth-order valence-corrected chi connectivity index (χ4v) is 1.58. The Bertz CT molecular complexity index is 663. The maximum atomic E-state index is 12.0. The molecule has 2 rings (SSSR count). The van der Waals surface area contributed by atoms with Gasteiger partial charge >= 0.3 is 0 Å². The van der Waals surface area contributed by atoms with Crippen molar-refractivity contribution in [2.75, 3.05) is 0 Å². The number of hydrogen-bond acceptors (Lipinski definition) is 5. The normalized spacial score (nSPS) is 10.3. The predicted molar refractivity (Wildman–Crippen MR) is 62.9 cm³/mol. The molecule has 0 aromatic carbocycles. The first-order valence-electron chi connectivity index (χ1n) is 5.57. The van der Waals surface area contributed by atoms with Gasteiger partial charge in [-0.2, -0.15) is 10.2 Å². The van der Waals surface area contributed by atoms with E-state index in [4.69, 9.17) is 9.78 Å². The Labute approximate surface area is 103 Å². The highest BCUT2D eigenvalue weighted by molar-refractivity contribution is 5.34. The smallest absolute Gasteiger partial charge is 0.269 e. The van der Waals surface area contributed by atoms with Crippen LogP contribution < -0.4 is 5.56 Å². The Balaban J connectivity index is 2.36. The first kappa shape index (κ1) is 12.0. The lowest BCUT2D eigenvalue weighted by Crippen LogP contribution is -2.23. The van der Waals surface area contributed by atoms with Crippen molar-refractivity contribution in [3.8, 4) is 6.07 Å². The molecule has 0 unspecified atom stereocenters. The molecule has 0 N–H and O–H groups in total. The Morgan fingerprint density at radius 1 is 1.56 bits per heavy atom. The summed E-state index contributed by atoms with van der Waals surface area (Å²) in [6.07, 6.45) is 2.28. The van der Waals surface area contributed by atoms with E-state index in [1.165, 1.54) is 4.57 Å². The minimum absolute atomic E-state index is 0.150. The Morgan fingerprint density at radius 3 is 2.94 bits per heavy atom. The van der Waals surface area contributed by atoms with Crippen molar-refractivity contribution >= 4 is 0 Å². The topological polar surface area (TPSA) is 84.7 Å². The van der Waals surface area contributed by atoms with Gasteiger partial charge in [-0.15, -0.1) is 0 Å². The minimum atomic E-state index is -0.333.